The van der Waals surface area contributed by atoms with Gasteiger partial charge in [0, 0.05) is 5.41 Å². The van der Waals surface area contributed by atoms with Crippen LogP contribution in [0.2, 0.25) is 0 Å². The summed E-state index contributed by atoms with van der Waals surface area (Å²) in [6, 6.07) is 48.9. The van der Waals surface area contributed by atoms with Crippen LogP contribution in [0, 0.1) is 0 Å². The number of hydrogen-bond acceptors (Lipinski definition) is 0. The Morgan fingerprint density at radius 1 is 0.378 bits per heavy atom. The first-order valence-electron chi connectivity index (χ1n) is 13.0. The van der Waals surface area contributed by atoms with Crippen molar-refractivity contribution in [1.29, 1.82) is 0 Å². The van der Waals surface area contributed by atoms with Crippen LogP contribution in [0.5, 0.6) is 0 Å². The summed E-state index contributed by atoms with van der Waals surface area (Å²) in [6.45, 7) is 4.68. The third kappa shape index (κ3) is 3.52. The van der Waals surface area contributed by atoms with Gasteiger partial charge in [0.15, 0.2) is 0 Å². The summed E-state index contributed by atoms with van der Waals surface area (Å²) in [4.78, 5) is 0. The quantitative estimate of drug-likeness (QED) is 0.240. The van der Waals surface area contributed by atoms with E-state index in [2.05, 4.69) is 147 Å². The number of fused-ring (bicyclic) bond motifs is 4. The van der Waals surface area contributed by atoms with Gasteiger partial charge in [-0.2, -0.15) is 0 Å². The molecule has 0 N–H and O–H groups in total. The molecule has 0 saturated carbocycles. The van der Waals surface area contributed by atoms with Gasteiger partial charge in [0.05, 0.1) is 0 Å². The third-order valence-corrected chi connectivity index (χ3v) is 8.12. The van der Waals surface area contributed by atoms with Crippen molar-refractivity contribution in [3.63, 3.8) is 0 Å². The van der Waals surface area contributed by atoms with E-state index in [4.69, 9.17) is 0 Å². The van der Waals surface area contributed by atoms with Crippen LogP contribution < -0.4 is 0 Å². The van der Waals surface area contributed by atoms with Crippen molar-refractivity contribution in [3.8, 4) is 44.5 Å². The van der Waals surface area contributed by atoms with Gasteiger partial charge >= 0.3 is 0 Å². The molecule has 0 nitrogen and oxygen atoms in total. The van der Waals surface area contributed by atoms with Crippen LogP contribution in [-0.4, -0.2) is 0 Å². The summed E-state index contributed by atoms with van der Waals surface area (Å²) >= 11 is 0. The van der Waals surface area contributed by atoms with Crippen LogP contribution in [0.15, 0.2) is 133 Å². The fraction of sp³-hybridized carbons (Fsp3) is 0.0811. The van der Waals surface area contributed by atoms with E-state index in [9.17, 15) is 0 Å². The van der Waals surface area contributed by atoms with Gasteiger partial charge in [-0.25, -0.2) is 0 Å². The lowest BCUT2D eigenvalue weighted by Gasteiger charge is -2.22. The molecule has 37 heavy (non-hydrogen) atoms. The van der Waals surface area contributed by atoms with E-state index in [1.165, 1.54) is 66.4 Å². The highest BCUT2D eigenvalue weighted by Gasteiger charge is 2.35. The van der Waals surface area contributed by atoms with Crippen LogP contribution in [0.25, 0.3) is 55.3 Å². The monoisotopic (exact) mass is 472 g/mol. The zero-order valence-electron chi connectivity index (χ0n) is 21.2. The molecule has 0 heterocycles. The van der Waals surface area contributed by atoms with Crippen LogP contribution in [0.3, 0.4) is 0 Å². The summed E-state index contributed by atoms with van der Waals surface area (Å²) in [5.74, 6) is 0. The fourth-order valence-electron chi connectivity index (χ4n) is 6.06. The second kappa shape index (κ2) is 8.32. The molecule has 6 aromatic carbocycles. The normalized spacial score (nSPS) is 13.4. The maximum atomic E-state index is 2.39. The van der Waals surface area contributed by atoms with Crippen LogP contribution in [0.1, 0.15) is 25.0 Å². The van der Waals surface area contributed by atoms with Gasteiger partial charge in [0.25, 0.3) is 0 Å². The molecule has 0 atom stereocenters. The molecule has 0 radical (unpaired) electrons. The molecule has 0 heteroatoms. The maximum Gasteiger partial charge on any atom is 0.0159 e. The Hall–Kier alpha value is -4.42. The Morgan fingerprint density at radius 3 is 1.65 bits per heavy atom. The second-order valence-corrected chi connectivity index (χ2v) is 10.6. The Balaban J connectivity index is 1.19. The van der Waals surface area contributed by atoms with Crippen LogP contribution in [-0.2, 0) is 5.41 Å². The van der Waals surface area contributed by atoms with E-state index in [1.54, 1.807) is 0 Å². The SMILES string of the molecule is CC1(C)c2ccccc2-c2ccc(-c3ccc(-c4ccc(-c5cccc6ccccc56)cc4)cc3)cc21. The van der Waals surface area contributed by atoms with Crippen molar-refractivity contribution in [3.05, 3.63) is 145 Å². The van der Waals surface area contributed by atoms with E-state index in [0.29, 0.717) is 0 Å². The molecule has 0 fully saturated rings. The number of rotatable bonds is 3. The molecule has 0 saturated heterocycles. The first-order chi connectivity index (χ1) is 18.1. The minimum Gasteiger partial charge on any atom is -0.0619 e. The van der Waals surface area contributed by atoms with Crippen molar-refractivity contribution in [2.45, 2.75) is 19.3 Å². The molecular weight excluding hydrogens is 444 g/mol. The van der Waals surface area contributed by atoms with Gasteiger partial charge in [-0.1, -0.05) is 141 Å². The molecule has 0 aliphatic heterocycles. The lowest BCUT2D eigenvalue weighted by Crippen LogP contribution is -2.14. The van der Waals surface area contributed by atoms with Crippen LogP contribution in [0.4, 0.5) is 0 Å². The molecule has 176 valence electrons. The number of benzene rings is 6. The van der Waals surface area contributed by atoms with Gasteiger partial charge in [-0.3, -0.25) is 0 Å². The molecule has 0 amide bonds. The average Bonchev–Trinajstić information content (AvgIpc) is 3.19. The summed E-state index contributed by atoms with van der Waals surface area (Å²) in [6.07, 6.45) is 0. The molecule has 0 aromatic heterocycles. The predicted molar refractivity (Wildman–Crippen MR) is 158 cm³/mol. The molecule has 0 spiro atoms. The third-order valence-electron chi connectivity index (χ3n) is 8.12. The summed E-state index contributed by atoms with van der Waals surface area (Å²) < 4.78 is 0. The van der Waals surface area contributed by atoms with E-state index in [0.717, 1.165) is 0 Å². The van der Waals surface area contributed by atoms with Gasteiger partial charge < -0.3 is 0 Å². The lowest BCUT2D eigenvalue weighted by molar-refractivity contribution is 0.660. The average molecular weight is 473 g/mol. The van der Waals surface area contributed by atoms with E-state index in [1.807, 2.05) is 0 Å². The summed E-state index contributed by atoms with van der Waals surface area (Å²) in [5.41, 5.74) is 13.1. The van der Waals surface area contributed by atoms with E-state index in [-0.39, 0.29) is 5.41 Å². The molecule has 1 aliphatic rings. The highest BCUT2D eigenvalue weighted by Crippen LogP contribution is 2.49. The van der Waals surface area contributed by atoms with E-state index >= 15 is 0 Å². The Kier molecular flexibility index (Phi) is 4.91. The Bertz CT molecular complexity index is 1760. The largest absolute Gasteiger partial charge is 0.0619 e. The highest BCUT2D eigenvalue weighted by molar-refractivity contribution is 5.96. The minimum absolute atomic E-state index is 0.0215. The van der Waals surface area contributed by atoms with Crippen molar-refractivity contribution in [2.24, 2.45) is 0 Å². The second-order valence-electron chi connectivity index (χ2n) is 10.6. The first kappa shape index (κ1) is 21.8. The zero-order valence-corrected chi connectivity index (χ0v) is 21.2. The summed E-state index contributed by atoms with van der Waals surface area (Å²) in [7, 11) is 0. The smallest absolute Gasteiger partial charge is 0.0159 e. The zero-order chi connectivity index (χ0) is 25.0. The molecular formula is C37H28. The van der Waals surface area contributed by atoms with Crippen molar-refractivity contribution in [2.75, 3.05) is 0 Å². The molecule has 1 aliphatic carbocycles. The first-order valence-corrected chi connectivity index (χ1v) is 13.0. The van der Waals surface area contributed by atoms with Crippen molar-refractivity contribution >= 4 is 10.8 Å². The van der Waals surface area contributed by atoms with Gasteiger partial charge in [0.1, 0.15) is 0 Å². The van der Waals surface area contributed by atoms with E-state index < -0.39 is 0 Å². The van der Waals surface area contributed by atoms with Crippen molar-refractivity contribution < 1.29 is 0 Å². The molecule has 0 bridgehead atoms. The summed E-state index contributed by atoms with van der Waals surface area (Å²) in [5, 5.41) is 2.57. The van der Waals surface area contributed by atoms with Gasteiger partial charge in [0.2, 0.25) is 0 Å². The lowest BCUT2D eigenvalue weighted by atomic mass is 9.81. The van der Waals surface area contributed by atoms with Gasteiger partial charge in [-0.15, -0.1) is 0 Å². The minimum atomic E-state index is 0.0215. The standard InChI is InChI=1S/C37H28/c1-37(2)35-13-6-5-11-33(35)34-23-22-30(24-36(34)37)27-16-14-25(15-17-27)26-18-20-29(21-19-26)32-12-7-9-28-8-3-4-10-31(28)32/h3-24H,1-2H3. The Labute approximate surface area is 218 Å². The number of hydrogen-bond donors (Lipinski definition) is 0. The maximum absolute atomic E-state index is 2.39. The van der Waals surface area contributed by atoms with Crippen LogP contribution >= 0.6 is 0 Å². The molecule has 6 aromatic rings. The predicted octanol–water partition coefficient (Wildman–Crippen LogP) is 10.1. The van der Waals surface area contributed by atoms with Gasteiger partial charge in [-0.05, 0) is 72.5 Å². The highest BCUT2D eigenvalue weighted by atomic mass is 14.4. The topological polar surface area (TPSA) is 0 Å². The Morgan fingerprint density at radius 2 is 0.892 bits per heavy atom. The molecule has 0 unspecified atom stereocenters. The molecule has 7 rings (SSSR count). The van der Waals surface area contributed by atoms with Crippen molar-refractivity contribution in [1.82, 2.24) is 0 Å². The fourth-order valence-corrected chi connectivity index (χ4v) is 6.06.